The molecule has 0 fully saturated rings. The van der Waals surface area contributed by atoms with E-state index < -0.39 is 0 Å². The first-order chi connectivity index (χ1) is 5.07. The van der Waals surface area contributed by atoms with Crippen molar-refractivity contribution in [2.75, 3.05) is 0 Å². The van der Waals surface area contributed by atoms with E-state index in [0.29, 0.717) is 5.92 Å². The summed E-state index contributed by atoms with van der Waals surface area (Å²) in [5, 5.41) is 0. The number of nitrogens with two attached hydrogens (primary N) is 1. The molecule has 66 valence electrons. The molecule has 2 heteroatoms. The Morgan fingerprint density at radius 3 is 2.27 bits per heavy atom. The molecular weight excluding hydrogens is 138 g/mol. The molecular formula is C9H19NO. The molecule has 0 unspecified atom stereocenters. The molecule has 0 aromatic rings. The molecule has 1 amide bonds. The maximum Gasteiger partial charge on any atom is 0.220 e. The Kier molecular flexibility index (Phi) is 4.92. The van der Waals surface area contributed by atoms with E-state index in [-0.39, 0.29) is 11.8 Å². The van der Waals surface area contributed by atoms with Crippen molar-refractivity contribution >= 4 is 5.91 Å². The summed E-state index contributed by atoms with van der Waals surface area (Å²) in [6.45, 7) is 6.31. The van der Waals surface area contributed by atoms with Gasteiger partial charge in [-0.05, 0) is 18.8 Å². The lowest BCUT2D eigenvalue weighted by molar-refractivity contribution is -0.122. The number of hydrogen-bond acceptors (Lipinski definition) is 1. The van der Waals surface area contributed by atoms with Gasteiger partial charge in [-0.3, -0.25) is 4.79 Å². The number of amides is 1. The molecule has 0 saturated heterocycles. The summed E-state index contributed by atoms with van der Waals surface area (Å²) < 4.78 is 0. The SMILES string of the molecule is CCC[C@@H](CC(C)C)C(N)=O. The molecule has 0 aliphatic heterocycles. The Labute approximate surface area is 69.2 Å². The Hall–Kier alpha value is -0.530. The summed E-state index contributed by atoms with van der Waals surface area (Å²) in [7, 11) is 0. The maximum atomic E-state index is 10.8. The fourth-order valence-electron chi connectivity index (χ4n) is 1.29. The monoisotopic (exact) mass is 157 g/mol. The summed E-state index contributed by atoms with van der Waals surface area (Å²) >= 11 is 0. The van der Waals surface area contributed by atoms with E-state index in [1.165, 1.54) is 0 Å². The second-order valence-electron chi connectivity index (χ2n) is 3.52. The molecule has 0 aliphatic rings. The van der Waals surface area contributed by atoms with Crippen molar-refractivity contribution < 1.29 is 4.79 Å². The van der Waals surface area contributed by atoms with E-state index in [9.17, 15) is 4.79 Å². The Bertz CT molecular complexity index is 121. The number of carbonyl (C=O) groups is 1. The summed E-state index contributed by atoms with van der Waals surface area (Å²) in [4.78, 5) is 10.8. The van der Waals surface area contributed by atoms with Gasteiger partial charge in [0, 0.05) is 5.92 Å². The van der Waals surface area contributed by atoms with Crippen LogP contribution in [0.15, 0.2) is 0 Å². The van der Waals surface area contributed by atoms with Crippen LogP contribution in [0.3, 0.4) is 0 Å². The van der Waals surface area contributed by atoms with Crippen LogP contribution in [0.4, 0.5) is 0 Å². The lowest BCUT2D eigenvalue weighted by Gasteiger charge is -2.13. The number of primary amides is 1. The third-order valence-corrected chi connectivity index (χ3v) is 1.80. The van der Waals surface area contributed by atoms with E-state index in [0.717, 1.165) is 19.3 Å². The highest BCUT2D eigenvalue weighted by Gasteiger charge is 2.14. The topological polar surface area (TPSA) is 43.1 Å². The second kappa shape index (κ2) is 5.16. The van der Waals surface area contributed by atoms with Crippen LogP contribution < -0.4 is 5.73 Å². The van der Waals surface area contributed by atoms with Crippen LogP contribution in [0, 0.1) is 11.8 Å². The zero-order valence-corrected chi connectivity index (χ0v) is 7.76. The number of carbonyl (C=O) groups excluding carboxylic acids is 1. The van der Waals surface area contributed by atoms with Crippen LogP contribution in [0.2, 0.25) is 0 Å². The van der Waals surface area contributed by atoms with Crippen LogP contribution in [-0.2, 0) is 4.79 Å². The zero-order chi connectivity index (χ0) is 8.85. The van der Waals surface area contributed by atoms with Gasteiger partial charge in [-0.15, -0.1) is 0 Å². The van der Waals surface area contributed by atoms with E-state index in [1.807, 2.05) is 0 Å². The van der Waals surface area contributed by atoms with Gasteiger partial charge in [0.15, 0.2) is 0 Å². The second-order valence-corrected chi connectivity index (χ2v) is 3.52. The number of hydrogen-bond donors (Lipinski definition) is 1. The van der Waals surface area contributed by atoms with Crippen molar-refractivity contribution in [2.24, 2.45) is 17.6 Å². The van der Waals surface area contributed by atoms with Crippen LogP contribution in [0.25, 0.3) is 0 Å². The predicted octanol–water partition coefficient (Wildman–Crippen LogP) is 1.93. The lowest BCUT2D eigenvalue weighted by atomic mass is 9.93. The first-order valence-electron chi connectivity index (χ1n) is 4.37. The van der Waals surface area contributed by atoms with Gasteiger partial charge in [0.05, 0.1) is 0 Å². The number of rotatable bonds is 5. The standard InChI is InChI=1S/C9H19NO/c1-4-5-8(9(10)11)6-7(2)3/h7-8H,4-6H2,1-3H3,(H2,10,11)/t8-/m0/s1. The van der Waals surface area contributed by atoms with Gasteiger partial charge in [-0.1, -0.05) is 27.2 Å². The minimum atomic E-state index is -0.138. The maximum absolute atomic E-state index is 10.8. The fraction of sp³-hybridized carbons (Fsp3) is 0.889. The molecule has 0 rings (SSSR count). The summed E-state index contributed by atoms with van der Waals surface area (Å²) in [5.74, 6) is 0.527. The van der Waals surface area contributed by atoms with Crippen molar-refractivity contribution in [2.45, 2.75) is 40.0 Å². The molecule has 0 aromatic heterocycles. The third kappa shape index (κ3) is 4.82. The van der Waals surface area contributed by atoms with Gasteiger partial charge in [0.2, 0.25) is 5.91 Å². The van der Waals surface area contributed by atoms with E-state index in [1.54, 1.807) is 0 Å². The van der Waals surface area contributed by atoms with Gasteiger partial charge >= 0.3 is 0 Å². The smallest absolute Gasteiger partial charge is 0.220 e. The molecule has 0 aromatic carbocycles. The lowest BCUT2D eigenvalue weighted by Crippen LogP contribution is -2.24. The minimum absolute atomic E-state index is 0.0972. The van der Waals surface area contributed by atoms with Gasteiger partial charge in [-0.2, -0.15) is 0 Å². The van der Waals surface area contributed by atoms with Gasteiger partial charge < -0.3 is 5.73 Å². The Morgan fingerprint density at radius 1 is 1.45 bits per heavy atom. The summed E-state index contributed by atoms with van der Waals surface area (Å²) in [6.07, 6.45) is 2.91. The van der Waals surface area contributed by atoms with Crippen molar-refractivity contribution in [3.8, 4) is 0 Å². The van der Waals surface area contributed by atoms with Crippen molar-refractivity contribution in [3.63, 3.8) is 0 Å². The average molecular weight is 157 g/mol. The highest BCUT2D eigenvalue weighted by atomic mass is 16.1. The summed E-state index contributed by atoms with van der Waals surface area (Å²) in [5.41, 5.74) is 5.23. The van der Waals surface area contributed by atoms with Crippen molar-refractivity contribution in [3.05, 3.63) is 0 Å². The normalized spacial score (nSPS) is 13.5. The molecule has 0 spiro atoms. The Morgan fingerprint density at radius 2 is 2.00 bits per heavy atom. The van der Waals surface area contributed by atoms with E-state index >= 15 is 0 Å². The first-order valence-corrected chi connectivity index (χ1v) is 4.37. The van der Waals surface area contributed by atoms with Crippen LogP contribution in [0.1, 0.15) is 40.0 Å². The molecule has 0 saturated carbocycles. The van der Waals surface area contributed by atoms with Gasteiger partial charge in [-0.25, -0.2) is 0 Å². The molecule has 11 heavy (non-hydrogen) atoms. The first kappa shape index (κ1) is 10.5. The quantitative estimate of drug-likeness (QED) is 0.651. The van der Waals surface area contributed by atoms with Crippen molar-refractivity contribution in [1.82, 2.24) is 0 Å². The largest absolute Gasteiger partial charge is 0.369 e. The molecule has 0 bridgehead atoms. The Balaban J connectivity index is 3.79. The predicted molar refractivity (Wildman–Crippen MR) is 47.0 cm³/mol. The molecule has 1 atom stereocenters. The fourth-order valence-corrected chi connectivity index (χ4v) is 1.29. The van der Waals surface area contributed by atoms with Crippen LogP contribution in [-0.4, -0.2) is 5.91 Å². The third-order valence-electron chi connectivity index (χ3n) is 1.80. The van der Waals surface area contributed by atoms with Crippen molar-refractivity contribution in [1.29, 1.82) is 0 Å². The van der Waals surface area contributed by atoms with Crippen LogP contribution in [0.5, 0.6) is 0 Å². The van der Waals surface area contributed by atoms with E-state index in [4.69, 9.17) is 5.73 Å². The molecule has 2 N–H and O–H groups in total. The summed E-state index contributed by atoms with van der Waals surface area (Å²) in [6, 6.07) is 0. The highest BCUT2D eigenvalue weighted by molar-refractivity contribution is 5.76. The molecule has 0 aliphatic carbocycles. The minimum Gasteiger partial charge on any atom is -0.369 e. The van der Waals surface area contributed by atoms with Crippen LogP contribution >= 0.6 is 0 Å². The zero-order valence-electron chi connectivity index (χ0n) is 7.76. The molecule has 2 nitrogen and oxygen atoms in total. The average Bonchev–Trinajstić information content (AvgIpc) is 1.86. The van der Waals surface area contributed by atoms with E-state index in [2.05, 4.69) is 20.8 Å². The molecule has 0 heterocycles. The van der Waals surface area contributed by atoms with Gasteiger partial charge in [0.1, 0.15) is 0 Å². The van der Waals surface area contributed by atoms with Gasteiger partial charge in [0.25, 0.3) is 0 Å². The highest BCUT2D eigenvalue weighted by Crippen LogP contribution is 2.16. The molecule has 0 radical (unpaired) electrons.